The number of hydrogen-bond acceptors (Lipinski definition) is 7. The number of amides is 1. The van der Waals surface area contributed by atoms with E-state index in [2.05, 4.69) is 36.1 Å². The summed E-state index contributed by atoms with van der Waals surface area (Å²) in [5.74, 6) is 1.38. The number of rotatable bonds is 4. The Morgan fingerprint density at radius 2 is 1.66 bits per heavy atom. The van der Waals surface area contributed by atoms with Gasteiger partial charge in [0.15, 0.2) is 0 Å². The van der Waals surface area contributed by atoms with Gasteiger partial charge in [0.05, 0.1) is 11.6 Å². The molecule has 0 atom stereocenters. The quantitative estimate of drug-likeness (QED) is 0.736. The second kappa shape index (κ2) is 8.35. The van der Waals surface area contributed by atoms with Crippen LogP contribution in [0.25, 0.3) is 0 Å². The van der Waals surface area contributed by atoms with Crippen molar-refractivity contribution < 1.29 is 4.79 Å². The fourth-order valence-corrected chi connectivity index (χ4v) is 3.17. The van der Waals surface area contributed by atoms with Crippen molar-refractivity contribution in [2.45, 2.75) is 0 Å². The van der Waals surface area contributed by atoms with Crippen LogP contribution in [0.15, 0.2) is 61.1 Å². The molecule has 0 unspecified atom stereocenters. The van der Waals surface area contributed by atoms with E-state index in [0.29, 0.717) is 16.9 Å². The average Bonchev–Trinajstić information content (AvgIpc) is 2.80. The maximum atomic E-state index is 12.5. The largest absolute Gasteiger partial charge is 0.353 e. The lowest BCUT2D eigenvalue weighted by atomic mass is 10.2. The van der Waals surface area contributed by atoms with Crippen molar-refractivity contribution in [3.8, 4) is 6.07 Å². The third-order valence-corrected chi connectivity index (χ3v) is 4.73. The Labute approximate surface area is 168 Å². The second-order valence-corrected chi connectivity index (χ2v) is 6.57. The van der Waals surface area contributed by atoms with E-state index in [-0.39, 0.29) is 5.91 Å². The van der Waals surface area contributed by atoms with E-state index in [1.54, 1.807) is 36.5 Å². The van der Waals surface area contributed by atoms with E-state index in [1.165, 1.54) is 6.33 Å². The van der Waals surface area contributed by atoms with E-state index in [9.17, 15) is 4.79 Å². The van der Waals surface area contributed by atoms with E-state index in [0.717, 1.165) is 37.8 Å². The number of nitriles is 1. The van der Waals surface area contributed by atoms with Crippen molar-refractivity contribution in [1.29, 1.82) is 5.26 Å². The van der Waals surface area contributed by atoms with Crippen molar-refractivity contribution in [2.75, 3.05) is 41.3 Å². The van der Waals surface area contributed by atoms with Crippen molar-refractivity contribution in [3.63, 3.8) is 0 Å². The van der Waals surface area contributed by atoms with Gasteiger partial charge < -0.3 is 15.1 Å². The van der Waals surface area contributed by atoms with Crippen LogP contribution in [0.5, 0.6) is 0 Å². The molecule has 0 saturated carbocycles. The van der Waals surface area contributed by atoms with Crippen molar-refractivity contribution in [3.05, 3.63) is 72.3 Å². The minimum atomic E-state index is -0.314. The topological polar surface area (TPSA) is 98.0 Å². The second-order valence-electron chi connectivity index (χ2n) is 6.57. The Kier molecular flexibility index (Phi) is 5.29. The van der Waals surface area contributed by atoms with Crippen LogP contribution in [-0.4, -0.2) is 47.0 Å². The number of nitrogens with zero attached hydrogens (tertiary/aromatic N) is 6. The van der Waals surface area contributed by atoms with Crippen LogP contribution in [0.4, 0.5) is 17.3 Å². The highest BCUT2D eigenvalue weighted by molar-refractivity contribution is 6.03. The van der Waals surface area contributed by atoms with Crippen LogP contribution in [0, 0.1) is 11.3 Å². The number of piperazine rings is 1. The molecule has 1 amide bonds. The summed E-state index contributed by atoms with van der Waals surface area (Å²) in [5, 5.41) is 11.7. The number of hydrogen-bond donors (Lipinski definition) is 1. The number of aromatic nitrogens is 3. The zero-order valence-corrected chi connectivity index (χ0v) is 15.7. The Bertz CT molecular complexity index is 1020. The van der Waals surface area contributed by atoms with Gasteiger partial charge in [-0.3, -0.25) is 4.79 Å². The minimum Gasteiger partial charge on any atom is -0.353 e. The summed E-state index contributed by atoms with van der Waals surface area (Å²) in [5.41, 5.74) is 1.45. The lowest BCUT2D eigenvalue weighted by Crippen LogP contribution is -2.47. The first-order valence-electron chi connectivity index (χ1n) is 9.27. The zero-order valence-electron chi connectivity index (χ0n) is 15.7. The predicted molar refractivity (Wildman–Crippen MR) is 110 cm³/mol. The number of pyridine rings is 1. The lowest BCUT2D eigenvalue weighted by Gasteiger charge is -2.36. The molecule has 1 aliphatic heterocycles. The smallest absolute Gasteiger partial charge is 0.274 e. The SMILES string of the molecule is N#Cc1ccc(NC(=O)c2cc(N3CCN(c4ccccn4)CC3)ncn2)cc1. The molecule has 1 N–H and O–H groups in total. The van der Waals surface area contributed by atoms with Crippen LogP contribution in [0.2, 0.25) is 0 Å². The molecule has 144 valence electrons. The van der Waals surface area contributed by atoms with Gasteiger partial charge in [0.25, 0.3) is 5.91 Å². The van der Waals surface area contributed by atoms with Crippen molar-refractivity contribution >= 4 is 23.2 Å². The highest BCUT2D eigenvalue weighted by atomic mass is 16.1. The first-order valence-corrected chi connectivity index (χ1v) is 9.27. The molecule has 0 aliphatic carbocycles. The molecule has 8 nitrogen and oxygen atoms in total. The molecule has 1 saturated heterocycles. The molecular weight excluding hydrogens is 366 g/mol. The van der Waals surface area contributed by atoms with Gasteiger partial charge in [-0.15, -0.1) is 0 Å². The average molecular weight is 385 g/mol. The molecule has 0 radical (unpaired) electrons. The first-order chi connectivity index (χ1) is 14.2. The molecular formula is C21H19N7O. The minimum absolute atomic E-state index is 0.298. The number of carbonyl (C=O) groups excluding carboxylic acids is 1. The van der Waals surface area contributed by atoms with Gasteiger partial charge in [-0.2, -0.15) is 5.26 Å². The van der Waals surface area contributed by atoms with E-state index in [1.807, 2.05) is 18.2 Å². The van der Waals surface area contributed by atoms with Gasteiger partial charge in [0.2, 0.25) is 0 Å². The third kappa shape index (κ3) is 4.30. The summed E-state index contributed by atoms with van der Waals surface area (Å²) in [7, 11) is 0. The molecule has 2 aromatic heterocycles. The summed E-state index contributed by atoms with van der Waals surface area (Å²) in [6.07, 6.45) is 3.21. The summed E-state index contributed by atoms with van der Waals surface area (Å²) in [6, 6.07) is 16.3. The van der Waals surface area contributed by atoms with Crippen LogP contribution in [0.1, 0.15) is 16.1 Å². The fraction of sp³-hybridized carbons (Fsp3) is 0.190. The van der Waals surface area contributed by atoms with E-state index >= 15 is 0 Å². The molecule has 3 aromatic rings. The summed E-state index contributed by atoms with van der Waals surface area (Å²) >= 11 is 0. The number of benzene rings is 1. The summed E-state index contributed by atoms with van der Waals surface area (Å²) < 4.78 is 0. The van der Waals surface area contributed by atoms with Crippen LogP contribution < -0.4 is 15.1 Å². The Hall–Kier alpha value is -3.99. The van der Waals surface area contributed by atoms with Crippen LogP contribution in [-0.2, 0) is 0 Å². The monoisotopic (exact) mass is 385 g/mol. The molecule has 1 aliphatic rings. The molecule has 1 aromatic carbocycles. The number of anilines is 3. The van der Waals surface area contributed by atoms with Gasteiger partial charge in [0, 0.05) is 44.1 Å². The number of nitrogens with one attached hydrogen (secondary N) is 1. The maximum absolute atomic E-state index is 12.5. The Morgan fingerprint density at radius 1 is 0.931 bits per heavy atom. The Balaban J connectivity index is 1.41. The molecule has 0 spiro atoms. The van der Waals surface area contributed by atoms with Crippen LogP contribution >= 0.6 is 0 Å². The van der Waals surface area contributed by atoms with Crippen LogP contribution in [0.3, 0.4) is 0 Å². The fourth-order valence-electron chi connectivity index (χ4n) is 3.17. The normalized spacial score (nSPS) is 13.6. The molecule has 4 rings (SSSR count). The first kappa shape index (κ1) is 18.4. The molecule has 0 bridgehead atoms. The summed E-state index contributed by atoms with van der Waals surface area (Å²) in [6.45, 7) is 3.22. The van der Waals surface area contributed by atoms with Gasteiger partial charge >= 0.3 is 0 Å². The predicted octanol–water partition coefficient (Wildman–Crippen LogP) is 2.32. The maximum Gasteiger partial charge on any atom is 0.274 e. The highest BCUT2D eigenvalue weighted by Gasteiger charge is 2.20. The van der Waals surface area contributed by atoms with Gasteiger partial charge in [0.1, 0.15) is 23.7 Å². The summed E-state index contributed by atoms with van der Waals surface area (Å²) in [4.78, 5) is 29.8. The van der Waals surface area contributed by atoms with E-state index in [4.69, 9.17) is 5.26 Å². The zero-order chi connectivity index (χ0) is 20.1. The standard InChI is InChI=1S/C21H19N7O/c22-14-16-4-6-17(7-5-16)26-21(29)18-13-20(25-15-24-18)28-11-9-27(10-12-28)19-3-1-2-8-23-19/h1-8,13,15H,9-12H2,(H,26,29). The molecule has 29 heavy (non-hydrogen) atoms. The molecule has 8 heteroatoms. The van der Waals surface area contributed by atoms with Gasteiger partial charge in [-0.25, -0.2) is 15.0 Å². The Morgan fingerprint density at radius 3 is 2.31 bits per heavy atom. The highest BCUT2D eigenvalue weighted by Crippen LogP contribution is 2.18. The van der Waals surface area contributed by atoms with Crippen molar-refractivity contribution in [1.82, 2.24) is 15.0 Å². The molecule has 1 fully saturated rings. The van der Waals surface area contributed by atoms with Gasteiger partial charge in [-0.1, -0.05) is 6.07 Å². The van der Waals surface area contributed by atoms with Crippen molar-refractivity contribution in [2.24, 2.45) is 0 Å². The number of carbonyl (C=O) groups is 1. The van der Waals surface area contributed by atoms with Gasteiger partial charge in [-0.05, 0) is 36.4 Å². The molecule has 3 heterocycles. The lowest BCUT2D eigenvalue weighted by molar-refractivity contribution is 0.102. The van der Waals surface area contributed by atoms with E-state index < -0.39 is 0 Å². The third-order valence-electron chi connectivity index (χ3n) is 4.73.